The normalized spacial score (nSPS) is 13.1. The van der Waals surface area contributed by atoms with Gasteiger partial charge in [-0.2, -0.15) is 0 Å². The predicted octanol–water partition coefficient (Wildman–Crippen LogP) is 6.28. The molecule has 0 radical (unpaired) electrons. The minimum Gasteiger partial charge on any atom is -0.488 e. The number of benzene rings is 3. The Morgan fingerprint density at radius 1 is 1.06 bits per heavy atom. The van der Waals surface area contributed by atoms with E-state index < -0.39 is 11.9 Å². The summed E-state index contributed by atoms with van der Waals surface area (Å²) < 4.78 is 11.8. The van der Waals surface area contributed by atoms with Crippen molar-refractivity contribution in [3.05, 3.63) is 89.7 Å². The second-order valence-corrected chi connectivity index (χ2v) is 8.01. The fourth-order valence-electron chi connectivity index (χ4n) is 3.96. The summed E-state index contributed by atoms with van der Waals surface area (Å²) in [6.45, 7) is 4.11. The molecule has 3 aromatic carbocycles. The number of carboxylic acid groups (broad SMARTS) is 1. The number of furan rings is 1. The molecule has 0 aliphatic carbocycles. The van der Waals surface area contributed by atoms with Gasteiger partial charge in [-0.1, -0.05) is 49.4 Å². The highest BCUT2D eigenvalue weighted by molar-refractivity contribution is 5.86. The second kappa shape index (κ2) is 9.28. The highest BCUT2D eigenvalue weighted by Crippen LogP contribution is 2.32. The Morgan fingerprint density at radius 2 is 1.84 bits per heavy atom. The molecule has 0 amide bonds. The van der Waals surface area contributed by atoms with Crippen LogP contribution in [0.4, 0.5) is 0 Å². The van der Waals surface area contributed by atoms with Gasteiger partial charge in [-0.15, -0.1) is 0 Å². The molecule has 4 aromatic rings. The maximum Gasteiger partial charge on any atom is 0.311 e. The highest BCUT2D eigenvalue weighted by Gasteiger charge is 2.21. The van der Waals surface area contributed by atoms with Gasteiger partial charge in [-0.25, -0.2) is 0 Å². The number of carbonyl (C=O) groups is 1. The number of carboxylic acids is 1. The number of para-hydroxylation sites is 1. The van der Waals surface area contributed by atoms with Crippen molar-refractivity contribution in [3.8, 4) is 16.9 Å². The van der Waals surface area contributed by atoms with Gasteiger partial charge < -0.3 is 20.0 Å². The van der Waals surface area contributed by atoms with E-state index >= 15 is 0 Å². The first-order chi connectivity index (χ1) is 15.5. The molecule has 1 heterocycles. The fraction of sp³-hybridized carbons (Fsp3) is 0.222. The number of hydrogen-bond acceptors (Lipinski definition) is 4. The van der Waals surface area contributed by atoms with Crippen molar-refractivity contribution < 1.29 is 19.1 Å². The van der Waals surface area contributed by atoms with Crippen LogP contribution in [0.25, 0.3) is 22.1 Å². The van der Waals surface area contributed by atoms with Gasteiger partial charge in [-0.05, 0) is 54.3 Å². The van der Waals surface area contributed by atoms with Crippen LogP contribution in [0.3, 0.4) is 0 Å². The zero-order valence-electron chi connectivity index (χ0n) is 18.2. The fourth-order valence-corrected chi connectivity index (χ4v) is 3.96. The number of ether oxygens (including phenoxy) is 1. The molecule has 0 fully saturated rings. The first kappa shape index (κ1) is 21.7. The van der Waals surface area contributed by atoms with E-state index in [1.807, 2.05) is 62.4 Å². The van der Waals surface area contributed by atoms with Crippen molar-refractivity contribution in [1.29, 1.82) is 0 Å². The molecule has 5 heteroatoms. The van der Waals surface area contributed by atoms with Gasteiger partial charge >= 0.3 is 5.97 Å². The quantitative estimate of drug-likeness (QED) is 0.344. The van der Waals surface area contributed by atoms with Crippen LogP contribution >= 0.6 is 0 Å². The van der Waals surface area contributed by atoms with Gasteiger partial charge in [0.05, 0.1) is 12.2 Å². The summed E-state index contributed by atoms with van der Waals surface area (Å²) in [5.74, 6) is -0.871. The molecule has 3 N–H and O–H groups in total. The van der Waals surface area contributed by atoms with Crippen molar-refractivity contribution in [1.82, 2.24) is 0 Å². The minimum atomic E-state index is -0.851. The maximum absolute atomic E-state index is 11.7. The first-order valence-corrected chi connectivity index (χ1v) is 10.8. The van der Waals surface area contributed by atoms with Crippen molar-refractivity contribution in [2.24, 2.45) is 5.73 Å². The monoisotopic (exact) mass is 429 g/mol. The van der Waals surface area contributed by atoms with Gasteiger partial charge in [0, 0.05) is 22.6 Å². The first-order valence-electron chi connectivity index (χ1n) is 10.8. The smallest absolute Gasteiger partial charge is 0.311 e. The van der Waals surface area contributed by atoms with Crippen molar-refractivity contribution in [2.45, 2.75) is 38.8 Å². The lowest BCUT2D eigenvalue weighted by atomic mass is 9.96. The average molecular weight is 430 g/mol. The third kappa shape index (κ3) is 4.39. The van der Waals surface area contributed by atoms with Gasteiger partial charge in [0.15, 0.2) is 0 Å². The Bertz CT molecular complexity index is 1240. The van der Waals surface area contributed by atoms with Crippen LogP contribution in [0.2, 0.25) is 0 Å². The standard InChI is InChI=1S/C27H27NO4/c1-3-22(27(29)30)23-9-4-5-10-25(23)31-15-21-16-32-26-12-11-20(14-24(21)26)19-8-6-7-18(13-19)17(2)28/h4-14,16-17,22H,3,15,28H2,1-2H3,(H,29,30)/t17?,22-/m0/s1. The highest BCUT2D eigenvalue weighted by atomic mass is 16.5. The van der Waals surface area contributed by atoms with E-state index in [1.165, 1.54) is 0 Å². The summed E-state index contributed by atoms with van der Waals surface area (Å²) in [4.78, 5) is 11.7. The summed E-state index contributed by atoms with van der Waals surface area (Å²) in [6, 6.07) is 21.6. The Labute approximate surface area is 187 Å². The molecule has 0 saturated heterocycles. The number of fused-ring (bicyclic) bond motifs is 1. The Morgan fingerprint density at radius 3 is 2.59 bits per heavy atom. The zero-order valence-corrected chi connectivity index (χ0v) is 18.2. The molecule has 0 saturated carbocycles. The molecular formula is C27H27NO4. The lowest BCUT2D eigenvalue weighted by molar-refractivity contribution is -0.138. The molecule has 2 atom stereocenters. The molecule has 5 nitrogen and oxygen atoms in total. The topological polar surface area (TPSA) is 85.7 Å². The molecule has 0 spiro atoms. The number of hydrogen-bond donors (Lipinski definition) is 2. The summed E-state index contributed by atoms with van der Waals surface area (Å²) in [5, 5.41) is 10.5. The third-order valence-corrected chi connectivity index (χ3v) is 5.78. The second-order valence-electron chi connectivity index (χ2n) is 8.01. The number of rotatable bonds is 8. The molecular weight excluding hydrogens is 402 g/mol. The predicted molar refractivity (Wildman–Crippen MR) is 126 cm³/mol. The van der Waals surface area contributed by atoms with E-state index in [0.29, 0.717) is 17.7 Å². The van der Waals surface area contributed by atoms with E-state index in [2.05, 4.69) is 18.2 Å². The third-order valence-electron chi connectivity index (χ3n) is 5.78. The summed E-state index contributed by atoms with van der Waals surface area (Å²) in [6.07, 6.45) is 2.19. The van der Waals surface area contributed by atoms with Gasteiger partial charge in [0.2, 0.25) is 0 Å². The van der Waals surface area contributed by atoms with Crippen LogP contribution in [0.15, 0.2) is 77.4 Å². The molecule has 0 aliphatic heterocycles. The summed E-state index contributed by atoms with van der Waals surface area (Å²) in [5.41, 5.74) is 11.7. The van der Waals surface area contributed by atoms with Gasteiger partial charge in [0.1, 0.15) is 17.9 Å². The zero-order chi connectivity index (χ0) is 22.7. The lowest BCUT2D eigenvalue weighted by Crippen LogP contribution is -2.12. The maximum atomic E-state index is 11.7. The van der Waals surface area contributed by atoms with Crippen LogP contribution in [-0.4, -0.2) is 11.1 Å². The van der Waals surface area contributed by atoms with Crippen LogP contribution < -0.4 is 10.5 Å². The lowest BCUT2D eigenvalue weighted by Gasteiger charge is -2.15. The van der Waals surface area contributed by atoms with Crippen molar-refractivity contribution in [2.75, 3.05) is 0 Å². The number of nitrogens with two attached hydrogens (primary N) is 1. The Hall–Kier alpha value is -3.57. The summed E-state index contributed by atoms with van der Waals surface area (Å²) >= 11 is 0. The van der Waals surface area contributed by atoms with Crippen LogP contribution in [0.5, 0.6) is 5.75 Å². The van der Waals surface area contributed by atoms with E-state index in [-0.39, 0.29) is 12.6 Å². The average Bonchev–Trinajstić information content (AvgIpc) is 3.21. The molecule has 4 rings (SSSR count). The Kier molecular flexibility index (Phi) is 6.28. The van der Waals surface area contributed by atoms with E-state index in [0.717, 1.165) is 33.2 Å². The van der Waals surface area contributed by atoms with E-state index in [4.69, 9.17) is 14.9 Å². The van der Waals surface area contributed by atoms with Crippen LogP contribution in [0.1, 0.15) is 48.9 Å². The molecule has 1 unspecified atom stereocenters. The van der Waals surface area contributed by atoms with Gasteiger partial charge in [0.25, 0.3) is 0 Å². The Balaban J connectivity index is 1.63. The SMILES string of the molecule is CC[C@H](C(=O)O)c1ccccc1OCc1coc2ccc(-c3cccc(C(C)N)c3)cc12. The van der Waals surface area contributed by atoms with Crippen molar-refractivity contribution in [3.63, 3.8) is 0 Å². The molecule has 1 aromatic heterocycles. The molecule has 0 bridgehead atoms. The summed E-state index contributed by atoms with van der Waals surface area (Å²) in [7, 11) is 0. The number of aliphatic carboxylic acids is 1. The molecule has 32 heavy (non-hydrogen) atoms. The minimum absolute atomic E-state index is 0.0330. The van der Waals surface area contributed by atoms with E-state index in [9.17, 15) is 9.90 Å². The largest absolute Gasteiger partial charge is 0.488 e. The van der Waals surface area contributed by atoms with Crippen LogP contribution in [-0.2, 0) is 11.4 Å². The van der Waals surface area contributed by atoms with E-state index in [1.54, 1.807) is 6.26 Å². The molecule has 164 valence electrons. The van der Waals surface area contributed by atoms with Crippen molar-refractivity contribution >= 4 is 16.9 Å². The van der Waals surface area contributed by atoms with Crippen LogP contribution in [0, 0.1) is 0 Å². The van der Waals surface area contributed by atoms with Gasteiger partial charge in [-0.3, -0.25) is 4.79 Å². The molecule has 0 aliphatic rings.